The average Bonchev–Trinajstić information content (AvgIpc) is 3.74. The average molecular weight is 617 g/mol. The minimum absolute atomic E-state index is 0.00362. The maximum Gasteiger partial charge on any atom is 0.319 e. The number of ether oxygens (including phenoxy) is 2. The predicted octanol–water partition coefficient (Wildman–Crippen LogP) is 4.87. The summed E-state index contributed by atoms with van der Waals surface area (Å²) in [6.07, 6.45) is 9.33. The highest BCUT2D eigenvalue weighted by molar-refractivity contribution is 6.02. The summed E-state index contributed by atoms with van der Waals surface area (Å²) in [6, 6.07) is 8.18. The van der Waals surface area contributed by atoms with Gasteiger partial charge in [-0.2, -0.15) is 9.97 Å². The number of aromatic nitrogens is 3. The van der Waals surface area contributed by atoms with Crippen LogP contribution in [-0.2, 0) is 4.74 Å². The number of methoxy groups -OCH3 is 1. The molecule has 11 heteroatoms. The number of fused-ring (bicyclic) bond motifs is 3. The lowest BCUT2D eigenvalue weighted by Crippen LogP contribution is -2.45. The standard InChI is InChI=1S/C34H35F3N6O2/c1-4-22-25(36)10-9-20-7-5-8-23(28(20)22)30-29(37)31-24(16-39-30)32(42(2)27-11-13-38-26(27)18-44-3)41-33(40-31)45-19-34-12-6-14-43(34)17-21(35)15-34/h1,5,7-10,16,21,26-27,38H,6,11-15,17-19H2,2-3H3/t21-,26-,27-,34+/m1/s1. The van der Waals surface area contributed by atoms with Gasteiger partial charge in [-0.15, -0.1) is 6.42 Å². The quantitative estimate of drug-likeness (QED) is 0.281. The third-order valence-electron chi connectivity index (χ3n) is 9.76. The molecular weight excluding hydrogens is 581 g/mol. The van der Waals surface area contributed by atoms with Gasteiger partial charge < -0.3 is 19.7 Å². The topological polar surface area (TPSA) is 75.6 Å². The summed E-state index contributed by atoms with van der Waals surface area (Å²) in [6.45, 7) is 2.70. The number of halogens is 3. The third kappa shape index (κ3) is 5.05. The molecule has 0 aliphatic carbocycles. The zero-order valence-electron chi connectivity index (χ0n) is 25.3. The lowest BCUT2D eigenvalue weighted by atomic mass is 9.95. The van der Waals surface area contributed by atoms with Crippen LogP contribution < -0.4 is 15.0 Å². The fraction of sp³-hybridized carbons (Fsp3) is 0.441. The maximum absolute atomic E-state index is 16.8. The van der Waals surface area contributed by atoms with E-state index in [1.54, 1.807) is 37.6 Å². The molecule has 2 aromatic heterocycles. The van der Waals surface area contributed by atoms with Gasteiger partial charge in [0.15, 0.2) is 5.82 Å². The van der Waals surface area contributed by atoms with Crippen LogP contribution in [0.5, 0.6) is 6.01 Å². The SMILES string of the molecule is C#Cc1c(F)ccc2cccc(-c3ncc4c(N(C)[C@@H]5CCN[C@@H]5COC)nc(OC[C@@]56CCCN5C[C@H](F)C6)nc4c3F)c12. The van der Waals surface area contributed by atoms with Gasteiger partial charge in [-0.1, -0.05) is 30.2 Å². The molecule has 0 bridgehead atoms. The molecule has 0 radical (unpaired) electrons. The van der Waals surface area contributed by atoms with Crippen molar-refractivity contribution < 1.29 is 22.6 Å². The number of terminal acetylenes is 1. The molecule has 234 valence electrons. The number of nitrogens with one attached hydrogen (secondary N) is 1. The van der Waals surface area contributed by atoms with Crippen LogP contribution >= 0.6 is 0 Å². The van der Waals surface area contributed by atoms with Gasteiger partial charge >= 0.3 is 6.01 Å². The molecule has 8 nitrogen and oxygen atoms in total. The molecule has 7 rings (SSSR count). The summed E-state index contributed by atoms with van der Waals surface area (Å²) in [4.78, 5) is 18.1. The molecule has 0 saturated carbocycles. The van der Waals surface area contributed by atoms with Crippen LogP contribution in [0.3, 0.4) is 0 Å². The molecule has 3 aliphatic heterocycles. The summed E-state index contributed by atoms with van der Waals surface area (Å²) in [7, 11) is 3.57. The molecule has 45 heavy (non-hydrogen) atoms. The minimum atomic E-state index is -0.912. The van der Waals surface area contributed by atoms with E-state index >= 15 is 4.39 Å². The maximum atomic E-state index is 16.8. The fourth-order valence-corrected chi connectivity index (χ4v) is 7.61. The van der Waals surface area contributed by atoms with Crippen molar-refractivity contribution in [2.45, 2.75) is 49.5 Å². The zero-order chi connectivity index (χ0) is 31.3. The number of alkyl halides is 1. The first-order valence-electron chi connectivity index (χ1n) is 15.3. The predicted molar refractivity (Wildman–Crippen MR) is 167 cm³/mol. The highest BCUT2D eigenvalue weighted by Crippen LogP contribution is 2.41. The second-order valence-corrected chi connectivity index (χ2v) is 12.3. The number of hydrogen-bond acceptors (Lipinski definition) is 8. The van der Waals surface area contributed by atoms with Crippen LogP contribution in [-0.4, -0.2) is 90.7 Å². The molecule has 1 N–H and O–H groups in total. The minimum Gasteiger partial charge on any atom is -0.461 e. The molecule has 3 saturated heterocycles. The number of benzene rings is 2. The number of hydrogen-bond donors (Lipinski definition) is 1. The highest BCUT2D eigenvalue weighted by Gasteiger charge is 2.49. The summed E-state index contributed by atoms with van der Waals surface area (Å²) < 4.78 is 57.7. The second-order valence-electron chi connectivity index (χ2n) is 12.3. The Bertz CT molecular complexity index is 1820. The zero-order valence-corrected chi connectivity index (χ0v) is 25.3. The van der Waals surface area contributed by atoms with Crippen molar-refractivity contribution in [2.75, 3.05) is 51.9 Å². The molecule has 3 aliphatic rings. The highest BCUT2D eigenvalue weighted by atomic mass is 19.1. The number of likely N-dealkylation sites (N-methyl/N-ethyl adjacent to an activating group) is 1. The van der Waals surface area contributed by atoms with Crippen LogP contribution in [0.15, 0.2) is 36.5 Å². The van der Waals surface area contributed by atoms with Gasteiger partial charge in [0.25, 0.3) is 0 Å². The van der Waals surface area contributed by atoms with E-state index in [1.165, 1.54) is 6.07 Å². The molecule has 0 amide bonds. The summed E-state index contributed by atoms with van der Waals surface area (Å²) >= 11 is 0. The first-order valence-corrected chi connectivity index (χ1v) is 15.3. The van der Waals surface area contributed by atoms with E-state index in [0.29, 0.717) is 47.1 Å². The molecular formula is C34H35F3N6O2. The monoisotopic (exact) mass is 616 g/mol. The van der Waals surface area contributed by atoms with Crippen molar-refractivity contribution in [1.82, 2.24) is 25.2 Å². The van der Waals surface area contributed by atoms with Crippen LogP contribution in [0.4, 0.5) is 19.0 Å². The number of pyridine rings is 1. The smallest absolute Gasteiger partial charge is 0.319 e. The lowest BCUT2D eigenvalue weighted by molar-refractivity contribution is 0.107. The first kappa shape index (κ1) is 29.7. The normalized spacial score (nSPS) is 24.8. The van der Waals surface area contributed by atoms with Gasteiger partial charge in [0.05, 0.1) is 29.1 Å². The molecule has 4 aromatic rings. The summed E-state index contributed by atoms with van der Waals surface area (Å²) in [5, 5.41) is 4.93. The molecule has 3 fully saturated rings. The molecule has 5 heterocycles. The molecule has 2 aromatic carbocycles. The Labute approximate surface area is 259 Å². The Kier molecular flexibility index (Phi) is 7.76. The van der Waals surface area contributed by atoms with Crippen molar-refractivity contribution in [2.24, 2.45) is 0 Å². The van der Waals surface area contributed by atoms with Crippen LogP contribution in [0, 0.1) is 24.0 Å². The second kappa shape index (κ2) is 11.7. The largest absolute Gasteiger partial charge is 0.461 e. The van der Waals surface area contributed by atoms with Gasteiger partial charge in [0.2, 0.25) is 0 Å². The van der Waals surface area contributed by atoms with Crippen LogP contribution in [0.25, 0.3) is 32.9 Å². The fourth-order valence-electron chi connectivity index (χ4n) is 7.61. The van der Waals surface area contributed by atoms with E-state index in [4.69, 9.17) is 20.9 Å². The Hall–Kier alpha value is -3.98. The van der Waals surface area contributed by atoms with Crippen molar-refractivity contribution in [3.8, 4) is 29.6 Å². The van der Waals surface area contributed by atoms with Gasteiger partial charge in [0.1, 0.15) is 35.6 Å². The van der Waals surface area contributed by atoms with Crippen molar-refractivity contribution >= 4 is 27.5 Å². The van der Waals surface area contributed by atoms with Crippen LogP contribution in [0.1, 0.15) is 31.2 Å². The van der Waals surface area contributed by atoms with E-state index < -0.39 is 23.3 Å². The number of nitrogens with zero attached hydrogens (tertiary/aromatic N) is 5. The van der Waals surface area contributed by atoms with Gasteiger partial charge in [-0.05, 0) is 43.8 Å². The lowest BCUT2D eigenvalue weighted by Gasteiger charge is -2.32. The van der Waals surface area contributed by atoms with Crippen LogP contribution in [0.2, 0.25) is 0 Å². The van der Waals surface area contributed by atoms with Gasteiger partial charge in [-0.3, -0.25) is 9.88 Å². The summed E-state index contributed by atoms with van der Waals surface area (Å²) in [5.41, 5.74) is -0.0192. The van der Waals surface area contributed by atoms with E-state index in [9.17, 15) is 8.78 Å². The third-order valence-corrected chi connectivity index (χ3v) is 9.76. The molecule has 4 atom stereocenters. The first-order chi connectivity index (χ1) is 21.8. The Morgan fingerprint density at radius 3 is 2.91 bits per heavy atom. The Morgan fingerprint density at radius 2 is 2.09 bits per heavy atom. The number of rotatable bonds is 8. The molecule has 0 spiro atoms. The number of anilines is 1. The van der Waals surface area contributed by atoms with E-state index in [-0.39, 0.29) is 41.5 Å². The Morgan fingerprint density at radius 1 is 1.22 bits per heavy atom. The van der Waals surface area contributed by atoms with Crippen molar-refractivity contribution in [3.63, 3.8) is 0 Å². The van der Waals surface area contributed by atoms with Crippen molar-refractivity contribution in [1.29, 1.82) is 0 Å². The van der Waals surface area contributed by atoms with Crippen molar-refractivity contribution in [3.05, 3.63) is 53.7 Å². The van der Waals surface area contributed by atoms with E-state index in [1.807, 2.05) is 11.9 Å². The molecule has 0 unspecified atom stereocenters. The van der Waals surface area contributed by atoms with E-state index in [0.717, 1.165) is 32.4 Å². The van der Waals surface area contributed by atoms with Gasteiger partial charge in [0, 0.05) is 50.3 Å². The van der Waals surface area contributed by atoms with E-state index in [2.05, 4.69) is 26.1 Å². The summed E-state index contributed by atoms with van der Waals surface area (Å²) in [5.74, 6) is 1.62. The Balaban J connectivity index is 1.36. The van der Waals surface area contributed by atoms with Gasteiger partial charge in [-0.25, -0.2) is 13.2 Å².